The SMILES string of the molecule is CCOC(=O)C(Cc1ccccc1)(C(=O)OCC)S(=O)c1ccccc1. The van der Waals surface area contributed by atoms with E-state index in [1.165, 1.54) is 0 Å². The van der Waals surface area contributed by atoms with Crippen molar-refractivity contribution in [1.29, 1.82) is 0 Å². The number of hydrogen-bond acceptors (Lipinski definition) is 5. The van der Waals surface area contributed by atoms with E-state index < -0.39 is 27.5 Å². The molecular formula is C20H22O5S. The van der Waals surface area contributed by atoms with E-state index in [-0.39, 0.29) is 19.6 Å². The first-order valence-electron chi connectivity index (χ1n) is 8.41. The first-order chi connectivity index (χ1) is 12.6. The topological polar surface area (TPSA) is 69.7 Å². The van der Waals surface area contributed by atoms with Crippen LogP contribution in [0.15, 0.2) is 65.6 Å². The molecule has 1 unspecified atom stereocenters. The molecule has 5 nitrogen and oxygen atoms in total. The van der Waals surface area contributed by atoms with Gasteiger partial charge in [-0.25, -0.2) is 9.59 Å². The zero-order valence-electron chi connectivity index (χ0n) is 14.8. The fourth-order valence-corrected chi connectivity index (χ4v) is 4.09. The van der Waals surface area contributed by atoms with Crippen LogP contribution < -0.4 is 0 Å². The lowest BCUT2D eigenvalue weighted by molar-refractivity contribution is -0.158. The number of benzene rings is 2. The van der Waals surface area contributed by atoms with Crippen LogP contribution in [0.2, 0.25) is 0 Å². The Hall–Kier alpha value is -2.47. The Morgan fingerprint density at radius 3 is 1.77 bits per heavy atom. The molecule has 0 bridgehead atoms. The van der Waals surface area contributed by atoms with Crippen molar-refractivity contribution in [3.05, 3.63) is 66.2 Å². The zero-order chi connectivity index (χ0) is 19.0. The number of carbonyl (C=O) groups is 2. The lowest BCUT2D eigenvalue weighted by Gasteiger charge is -2.28. The van der Waals surface area contributed by atoms with Crippen LogP contribution >= 0.6 is 0 Å². The molecule has 0 heterocycles. The Labute approximate surface area is 155 Å². The van der Waals surface area contributed by atoms with Gasteiger partial charge in [-0.05, 0) is 31.5 Å². The molecule has 0 N–H and O–H groups in total. The Bertz CT molecular complexity index is 740. The van der Waals surface area contributed by atoms with E-state index >= 15 is 0 Å². The Morgan fingerprint density at radius 1 is 0.846 bits per heavy atom. The van der Waals surface area contributed by atoms with Gasteiger partial charge >= 0.3 is 11.9 Å². The number of rotatable bonds is 8. The van der Waals surface area contributed by atoms with Crippen molar-refractivity contribution in [3.63, 3.8) is 0 Å². The van der Waals surface area contributed by atoms with Gasteiger partial charge in [-0.2, -0.15) is 0 Å². The average molecular weight is 374 g/mol. The number of carbonyl (C=O) groups excluding carboxylic acids is 2. The largest absolute Gasteiger partial charge is 0.464 e. The summed E-state index contributed by atoms with van der Waals surface area (Å²) in [7, 11) is -1.99. The molecule has 0 aromatic heterocycles. The summed E-state index contributed by atoms with van der Waals surface area (Å²) in [5.41, 5.74) is 0.692. The standard InChI is InChI=1S/C20H22O5S/c1-3-24-18(21)20(19(22)25-4-2,15-16-11-7-5-8-12-16)26(23)17-13-9-6-10-14-17/h5-14H,3-4,15H2,1-2H3. The summed E-state index contributed by atoms with van der Waals surface area (Å²) < 4.78 is 21.8. The smallest absolute Gasteiger partial charge is 0.337 e. The highest BCUT2D eigenvalue weighted by atomic mass is 32.2. The Morgan fingerprint density at radius 2 is 1.31 bits per heavy atom. The normalized spacial score (nSPS) is 12.2. The van der Waals surface area contributed by atoms with E-state index in [1.54, 1.807) is 68.4 Å². The molecular weight excluding hydrogens is 352 g/mol. The summed E-state index contributed by atoms with van der Waals surface area (Å²) in [5, 5.41) is 0. The van der Waals surface area contributed by atoms with Crippen LogP contribution in [0.1, 0.15) is 19.4 Å². The van der Waals surface area contributed by atoms with Crippen molar-refractivity contribution >= 4 is 22.7 Å². The van der Waals surface area contributed by atoms with Crippen molar-refractivity contribution < 1.29 is 23.3 Å². The van der Waals surface area contributed by atoms with Crippen LogP contribution in [0.3, 0.4) is 0 Å². The van der Waals surface area contributed by atoms with Crippen molar-refractivity contribution in [1.82, 2.24) is 0 Å². The van der Waals surface area contributed by atoms with E-state index in [4.69, 9.17) is 9.47 Å². The van der Waals surface area contributed by atoms with Crippen LogP contribution in [0.25, 0.3) is 0 Å². The highest BCUT2D eigenvalue weighted by Gasteiger charge is 2.55. The summed E-state index contributed by atoms with van der Waals surface area (Å²) in [4.78, 5) is 26.1. The van der Waals surface area contributed by atoms with Gasteiger partial charge in [-0.1, -0.05) is 48.5 Å². The van der Waals surface area contributed by atoms with Crippen LogP contribution in [-0.2, 0) is 36.3 Å². The Kier molecular flexibility index (Phi) is 7.09. The Balaban J connectivity index is 2.60. The van der Waals surface area contributed by atoms with Crippen LogP contribution in [-0.4, -0.2) is 34.1 Å². The average Bonchev–Trinajstić information content (AvgIpc) is 2.67. The lowest BCUT2D eigenvalue weighted by atomic mass is 9.98. The maximum Gasteiger partial charge on any atom is 0.337 e. The minimum absolute atomic E-state index is 0.0702. The maximum atomic E-state index is 13.4. The fraction of sp³-hybridized carbons (Fsp3) is 0.300. The van der Waals surface area contributed by atoms with Gasteiger partial charge in [-0.15, -0.1) is 0 Å². The number of ether oxygens (including phenoxy) is 2. The first kappa shape index (κ1) is 19.8. The molecule has 0 aliphatic carbocycles. The fourth-order valence-electron chi connectivity index (χ4n) is 2.57. The molecule has 138 valence electrons. The molecule has 0 fully saturated rings. The predicted molar refractivity (Wildman–Crippen MR) is 99.0 cm³/mol. The van der Waals surface area contributed by atoms with Gasteiger partial charge < -0.3 is 9.47 Å². The van der Waals surface area contributed by atoms with E-state index in [2.05, 4.69) is 0 Å². The molecule has 2 aromatic carbocycles. The quantitative estimate of drug-likeness (QED) is 0.525. The molecule has 6 heteroatoms. The molecule has 2 aromatic rings. The summed E-state index contributed by atoms with van der Waals surface area (Å²) in [6, 6.07) is 17.4. The third-order valence-electron chi connectivity index (χ3n) is 3.78. The second-order valence-electron chi connectivity index (χ2n) is 5.51. The third-order valence-corrected chi connectivity index (χ3v) is 5.59. The molecule has 0 radical (unpaired) electrons. The molecule has 0 spiro atoms. The van der Waals surface area contributed by atoms with E-state index in [1.807, 2.05) is 6.07 Å². The highest BCUT2D eigenvalue weighted by Crippen LogP contribution is 2.29. The molecule has 2 rings (SSSR count). The van der Waals surface area contributed by atoms with Gasteiger partial charge in [0.2, 0.25) is 4.75 Å². The van der Waals surface area contributed by atoms with E-state index in [9.17, 15) is 13.8 Å². The number of hydrogen-bond donors (Lipinski definition) is 0. The van der Waals surface area contributed by atoms with E-state index in [0.29, 0.717) is 10.5 Å². The lowest BCUT2D eigenvalue weighted by Crippen LogP contribution is -2.54. The van der Waals surface area contributed by atoms with Gasteiger partial charge in [0.05, 0.1) is 24.0 Å². The minimum Gasteiger partial charge on any atom is -0.464 e. The first-order valence-corrected chi connectivity index (χ1v) is 9.56. The summed E-state index contributed by atoms with van der Waals surface area (Å²) in [6.07, 6.45) is -0.0764. The second kappa shape index (κ2) is 9.29. The minimum atomic E-state index is -1.99. The van der Waals surface area contributed by atoms with Gasteiger partial charge in [-0.3, -0.25) is 4.21 Å². The molecule has 0 aliphatic heterocycles. The highest BCUT2D eigenvalue weighted by molar-refractivity contribution is 7.88. The molecule has 0 saturated heterocycles. The van der Waals surface area contributed by atoms with Gasteiger partial charge in [0, 0.05) is 11.3 Å². The van der Waals surface area contributed by atoms with Gasteiger partial charge in [0.1, 0.15) is 0 Å². The second-order valence-corrected chi connectivity index (χ2v) is 7.22. The molecule has 0 aliphatic rings. The molecule has 0 amide bonds. The van der Waals surface area contributed by atoms with E-state index in [0.717, 1.165) is 0 Å². The van der Waals surface area contributed by atoms with Crippen LogP contribution in [0, 0.1) is 0 Å². The maximum absolute atomic E-state index is 13.4. The summed E-state index contributed by atoms with van der Waals surface area (Å²) in [6.45, 7) is 3.42. The number of esters is 2. The predicted octanol–water partition coefficient (Wildman–Crippen LogP) is 2.90. The van der Waals surface area contributed by atoms with Crippen molar-refractivity contribution in [2.75, 3.05) is 13.2 Å². The van der Waals surface area contributed by atoms with Crippen LogP contribution in [0.5, 0.6) is 0 Å². The van der Waals surface area contributed by atoms with Crippen LogP contribution in [0.4, 0.5) is 0 Å². The van der Waals surface area contributed by atoms with Gasteiger partial charge in [0.25, 0.3) is 0 Å². The zero-order valence-corrected chi connectivity index (χ0v) is 15.7. The molecule has 26 heavy (non-hydrogen) atoms. The monoisotopic (exact) mass is 374 g/mol. The summed E-state index contributed by atoms with van der Waals surface area (Å²) >= 11 is 0. The van der Waals surface area contributed by atoms with Crippen molar-refractivity contribution in [2.45, 2.75) is 29.9 Å². The molecule has 1 atom stereocenters. The molecule has 0 saturated carbocycles. The van der Waals surface area contributed by atoms with Crippen molar-refractivity contribution in [2.24, 2.45) is 0 Å². The third kappa shape index (κ3) is 4.19. The van der Waals surface area contributed by atoms with Crippen molar-refractivity contribution in [3.8, 4) is 0 Å². The van der Waals surface area contributed by atoms with Gasteiger partial charge in [0.15, 0.2) is 0 Å². The summed E-state index contributed by atoms with van der Waals surface area (Å²) in [5.74, 6) is -1.69.